The Balaban J connectivity index is 1.85. The number of halogens is 1. The van der Waals surface area contributed by atoms with Crippen molar-refractivity contribution < 1.29 is 9.53 Å². The predicted octanol–water partition coefficient (Wildman–Crippen LogP) is 4.60. The van der Waals surface area contributed by atoms with Gasteiger partial charge in [0.2, 0.25) is 5.91 Å². The molecule has 2 aromatic rings. The molecule has 23 heavy (non-hydrogen) atoms. The third-order valence-electron chi connectivity index (χ3n) is 3.25. The fraction of sp³-hybridized carbons (Fsp3) is 0.278. The smallest absolute Gasteiger partial charge is 0.226 e. The molecule has 0 saturated carbocycles. The number of rotatable bonds is 7. The summed E-state index contributed by atoms with van der Waals surface area (Å²) in [5.41, 5.74) is 2.83. The number of benzene rings is 2. The van der Waals surface area contributed by atoms with Gasteiger partial charge in [0.25, 0.3) is 0 Å². The van der Waals surface area contributed by atoms with Gasteiger partial charge in [-0.25, -0.2) is 0 Å². The fourth-order valence-electron chi connectivity index (χ4n) is 2.14. The predicted molar refractivity (Wildman–Crippen MR) is 98.2 cm³/mol. The summed E-state index contributed by atoms with van der Waals surface area (Å²) < 4.78 is 6.44. The number of carbonyl (C=O) groups is 1. The molecule has 0 radical (unpaired) electrons. The normalized spacial score (nSPS) is 10.2. The molecule has 2 rings (SSSR count). The highest BCUT2D eigenvalue weighted by Gasteiger charge is 2.07. The zero-order chi connectivity index (χ0) is 16.7. The molecule has 4 nitrogen and oxygen atoms in total. The first-order chi connectivity index (χ1) is 11.1. The molecule has 0 saturated heterocycles. The molecule has 0 aliphatic heterocycles. The average molecular weight is 377 g/mol. The van der Waals surface area contributed by atoms with E-state index in [2.05, 4.69) is 26.6 Å². The van der Waals surface area contributed by atoms with E-state index in [-0.39, 0.29) is 5.91 Å². The number of aryl methyl sites for hydroxylation is 1. The number of hydrogen-bond acceptors (Lipinski definition) is 3. The number of carbonyl (C=O) groups excluding carboxylic acids is 1. The van der Waals surface area contributed by atoms with Gasteiger partial charge in [0.15, 0.2) is 0 Å². The summed E-state index contributed by atoms with van der Waals surface area (Å²) in [4.78, 5) is 12.0. The first kappa shape index (κ1) is 17.3. The Labute approximate surface area is 145 Å². The Kier molecular flexibility index (Phi) is 6.47. The lowest BCUT2D eigenvalue weighted by Gasteiger charge is -2.12. The van der Waals surface area contributed by atoms with Crippen LogP contribution in [0.15, 0.2) is 46.9 Å². The molecule has 122 valence electrons. The quantitative estimate of drug-likeness (QED) is 0.742. The van der Waals surface area contributed by atoms with Gasteiger partial charge >= 0.3 is 0 Å². The van der Waals surface area contributed by atoms with Gasteiger partial charge < -0.3 is 15.4 Å². The summed E-state index contributed by atoms with van der Waals surface area (Å²) in [5.74, 6) is 0.771. The maximum Gasteiger partial charge on any atom is 0.226 e. The number of ether oxygens (including phenoxy) is 1. The average Bonchev–Trinajstić information content (AvgIpc) is 2.52. The molecule has 0 spiro atoms. The molecule has 5 heteroatoms. The summed E-state index contributed by atoms with van der Waals surface area (Å²) in [7, 11) is 0. The molecule has 0 aliphatic carbocycles. The molecular weight excluding hydrogens is 356 g/mol. The molecule has 0 fully saturated rings. The SMILES string of the molecule is CCOc1ccccc1NCCC(=O)Nc1ccc(C)cc1Br. The van der Waals surface area contributed by atoms with E-state index < -0.39 is 0 Å². The van der Waals surface area contributed by atoms with Gasteiger partial charge in [-0.1, -0.05) is 18.2 Å². The molecule has 0 unspecified atom stereocenters. The maximum atomic E-state index is 12.0. The molecule has 2 N–H and O–H groups in total. The van der Waals surface area contributed by atoms with Crippen LogP contribution in [0, 0.1) is 6.92 Å². The van der Waals surface area contributed by atoms with Crippen LogP contribution in [0.1, 0.15) is 18.9 Å². The van der Waals surface area contributed by atoms with E-state index >= 15 is 0 Å². The Morgan fingerprint density at radius 2 is 1.96 bits per heavy atom. The lowest BCUT2D eigenvalue weighted by atomic mass is 10.2. The van der Waals surface area contributed by atoms with Gasteiger partial charge in [-0.15, -0.1) is 0 Å². The van der Waals surface area contributed by atoms with Crippen molar-refractivity contribution >= 4 is 33.2 Å². The van der Waals surface area contributed by atoms with Gasteiger partial charge in [-0.2, -0.15) is 0 Å². The molecular formula is C18H21BrN2O2. The summed E-state index contributed by atoms with van der Waals surface area (Å²) in [6.07, 6.45) is 0.376. The summed E-state index contributed by atoms with van der Waals surface area (Å²) in [6.45, 7) is 5.11. The lowest BCUT2D eigenvalue weighted by Crippen LogP contribution is -2.16. The van der Waals surface area contributed by atoms with Crippen LogP contribution in [0.2, 0.25) is 0 Å². The Morgan fingerprint density at radius 3 is 2.70 bits per heavy atom. The molecule has 0 aliphatic rings. The second-order valence-electron chi connectivity index (χ2n) is 5.14. The standard InChI is InChI=1S/C18H21BrN2O2/c1-3-23-17-7-5-4-6-16(17)20-11-10-18(22)21-15-9-8-13(2)12-14(15)19/h4-9,12,20H,3,10-11H2,1-2H3,(H,21,22). The molecule has 0 aromatic heterocycles. The van der Waals surface area contributed by atoms with Crippen molar-refractivity contribution in [3.63, 3.8) is 0 Å². The van der Waals surface area contributed by atoms with E-state index in [1.54, 1.807) is 0 Å². The van der Waals surface area contributed by atoms with Crippen molar-refractivity contribution in [2.75, 3.05) is 23.8 Å². The van der Waals surface area contributed by atoms with Gasteiger partial charge in [-0.3, -0.25) is 4.79 Å². The minimum Gasteiger partial charge on any atom is -0.492 e. The van der Waals surface area contributed by atoms with E-state index in [9.17, 15) is 4.79 Å². The zero-order valence-corrected chi connectivity index (χ0v) is 14.9. The van der Waals surface area contributed by atoms with Crippen LogP contribution >= 0.6 is 15.9 Å². The van der Waals surface area contributed by atoms with Crippen molar-refractivity contribution in [2.45, 2.75) is 20.3 Å². The van der Waals surface area contributed by atoms with Gasteiger partial charge in [0.1, 0.15) is 5.75 Å². The second-order valence-corrected chi connectivity index (χ2v) is 5.99. The van der Waals surface area contributed by atoms with Crippen LogP contribution < -0.4 is 15.4 Å². The first-order valence-corrected chi connectivity index (χ1v) is 8.41. The minimum absolute atomic E-state index is 0.0315. The van der Waals surface area contributed by atoms with Gasteiger partial charge in [0.05, 0.1) is 18.0 Å². The zero-order valence-electron chi connectivity index (χ0n) is 13.4. The van der Waals surface area contributed by atoms with Crippen molar-refractivity contribution in [3.8, 4) is 5.75 Å². The largest absolute Gasteiger partial charge is 0.492 e. The number of anilines is 2. The summed E-state index contributed by atoms with van der Waals surface area (Å²) in [5, 5.41) is 6.15. The summed E-state index contributed by atoms with van der Waals surface area (Å²) in [6, 6.07) is 13.6. The topological polar surface area (TPSA) is 50.4 Å². The Bertz CT molecular complexity index is 674. The molecule has 0 heterocycles. The van der Waals surface area contributed by atoms with Crippen LogP contribution in [0.4, 0.5) is 11.4 Å². The molecule has 0 atom stereocenters. The second kappa shape index (κ2) is 8.58. The highest BCUT2D eigenvalue weighted by molar-refractivity contribution is 9.10. The van der Waals surface area contributed by atoms with E-state index in [1.807, 2.05) is 56.3 Å². The number of para-hydroxylation sites is 2. The van der Waals surface area contributed by atoms with Gasteiger partial charge in [-0.05, 0) is 59.6 Å². The van der Waals surface area contributed by atoms with E-state index in [0.29, 0.717) is 19.6 Å². The van der Waals surface area contributed by atoms with E-state index in [0.717, 1.165) is 27.2 Å². The van der Waals surface area contributed by atoms with E-state index in [1.165, 1.54) is 0 Å². The number of hydrogen-bond donors (Lipinski definition) is 2. The Morgan fingerprint density at radius 1 is 1.17 bits per heavy atom. The van der Waals surface area contributed by atoms with Crippen LogP contribution in [0.25, 0.3) is 0 Å². The highest BCUT2D eigenvalue weighted by Crippen LogP contribution is 2.24. The molecule has 2 aromatic carbocycles. The summed E-state index contributed by atoms with van der Waals surface area (Å²) >= 11 is 3.46. The van der Waals surface area contributed by atoms with Crippen LogP contribution in [-0.2, 0) is 4.79 Å². The van der Waals surface area contributed by atoms with Gasteiger partial charge in [0, 0.05) is 17.4 Å². The van der Waals surface area contributed by atoms with Crippen molar-refractivity contribution in [1.82, 2.24) is 0 Å². The van der Waals surface area contributed by atoms with Crippen molar-refractivity contribution in [1.29, 1.82) is 0 Å². The third kappa shape index (κ3) is 5.28. The minimum atomic E-state index is -0.0315. The van der Waals surface area contributed by atoms with Crippen LogP contribution in [0.5, 0.6) is 5.75 Å². The number of amides is 1. The van der Waals surface area contributed by atoms with Crippen LogP contribution in [-0.4, -0.2) is 19.1 Å². The number of nitrogens with one attached hydrogen (secondary N) is 2. The third-order valence-corrected chi connectivity index (χ3v) is 3.91. The van der Waals surface area contributed by atoms with Crippen LogP contribution in [0.3, 0.4) is 0 Å². The molecule has 1 amide bonds. The maximum absolute atomic E-state index is 12.0. The first-order valence-electron chi connectivity index (χ1n) is 7.62. The monoisotopic (exact) mass is 376 g/mol. The Hall–Kier alpha value is -2.01. The van der Waals surface area contributed by atoms with Crippen molar-refractivity contribution in [3.05, 3.63) is 52.5 Å². The van der Waals surface area contributed by atoms with E-state index in [4.69, 9.17) is 4.74 Å². The fourth-order valence-corrected chi connectivity index (χ4v) is 2.73. The lowest BCUT2D eigenvalue weighted by molar-refractivity contribution is -0.115. The van der Waals surface area contributed by atoms with Crippen molar-refractivity contribution in [2.24, 2.45) is 0 Å². The highest BCUT2D eigenvalue weighted by atomic mass is 79.9. The molecule has 0 bridgehead atoms.